The first kappa shape index (κ1) is 13.0. The zero-order chi connectivity index (χ0) is 13.0. The van der Waals surface area contributed by atoms with Crippen molar-refractivity contribution >= 4 is 0 Å². The second kappa shape index (κ2) is 5.92. The van der Waals surface area contributed by atoms with Gasteiger partial charge in [-0.05, 0) is 24.8 Å². The maximum Gasteiger partial charge on any atom is 0.0726 e. The van der Waals surface area contributed by atoms with Crippen molar-refractivity contribution in [1.29, 1.82) is 5.26 Å². The second-order valence-corrected chi connectivity index (χ2v) is 5.36. The Kier molecular flexibility index (Phi) is 4.27. The lowest BCUT2D eigenvalue weighted by Gasteiger charge is -2.37. The van der Waals surface area contributed by atoms with E-state index < -0.39 is 0 Å². The van der Waals surface area contributed by atoms with Gasteiger partial charge in [0.15, 0.2) is 0 Å². The van der Waals surface area contributed by atoms with Crippen LogP contribution in [-0.4, -0.2) is 28.0 Å². The van der Waals surface area contributed by atoms with Crippen LogP contribution in [0.1, 0.15) is 26.0 Å². The van der Waals surface area contributed by atoms with Gasteiger partial charge >= 0.3 is 0 Å². The molecule has 0 aliphatic carbocycles. The summed E-state index contributed by atoms with van der Waals surface area (Å²) in [5.41, 5.74) is 1.01. The normalized spacial score (nSPS) is 25.0. The van der Waals surface area contributed by atoms with Gasteiger partial charge in [-0.15, -0.1) is 0 Å². The maximum absolute atomic E-state index is 9.20. The maximum atomic E-state index is 9.20. The van der Waals surface area contributed by atoms with Gasteiger partial charge in [-0.2, -0.15) is 5.26 Å². The van der Waals surface area contributed by atoms with E-state index in [2.05, 4.69) is 34.8 Å². The molecular weight excluding hydrogens is 224 g/mol. The van der Waals surface area contributed by atoms with Crippen molar-refractivity contribution in [2.45, 2.75) is 26.8 Å². The molecular formula is C14H20N4. The van der Waals surface area contributed by atoms with Crippen molar-refractivity contribution in [2.24, 2.45) is 17.8 Å². The first-order valence-electron chi connectivity index (χ1n) is 6.57. The fourth-order valence-electron chi connectivity index (χ4n) is 2.67. The Hall–Kier alpha value is -1.47. The number of nitriles is 1. The van der Waals surface area contributed by atoms with Crippen molar-refractivity contribution in [2.75, 3.05) is 13.1 Å². The molecule has 1 aliphatic rings. The minimum Gasteiger partial charge on any atom is -0.297 e. The third kappa shape index (κ3) is 3.05. The van der Waals surface area contributed by atoms with Gasteiger partial charge in [0.05, 0.1) is 17.7 Å². The molecule has 0 bridgehead atoms. The van der Waals surface area contributed by atoms with Crippen molar-refractivity contribution in [1.82, 2.24) is 14.9 Å². The van der Waals surface area contributed by atoms with E-state index in [0.717, 1.165) is 31.7 Å². The summed E-state index contributed by atoms with van der Waals surface area (Å²) < 4.78 is 0. The highest BCUT2D eigenvalue weighted by Gasteiger charge is 2.31. The third-order valence-corrected chi connectivity index (χ3v) is 3.77. The topological polar surface area (TPSA) is 52.8 Å². The van der Waals surface area contributed by atoms with Crippen molar-refractivity contribution in [3.63, 3.8) is 0 Å². The van der Waals surface area contributed by atoms with Crippen LogP contribution in [0.4, 0.5) is 0 Å². The van der Waals surface area contributed by atoms with Gasteiger partial charge in [-0.1, -0.05) is 13.8 Å². The van der Waals surface area contributed by atoms with Gasteiger partial charge < -0.3 is 0 Å². The van der Waals surface area contributed by atoms with Crippen molar-refractivity contribution < 1.29 is 0 Å². The van der Waals surface area contributed by atoms with E-state index in [9.17, 15) is 5.26 Å². The van der Waals surface area contributed by atoms with Gasteiger partial charge in [-0.3, -0.25) is 14.9 Å². The molecule has 2 atom stereocenters. The van der Waals surface area contributed by atoms with Crippen molar-refractivity contribution in [3.8, 4) is 6.07 Å². The monoisotopic (exact) mass is 244 g/mol. The van der Waals surface area contributed by atoms with Crippen LogP contribution in [0.15, 0.2) is 18.6 Å². The number of rotatable bonds is 3. The molecule has 2 unspecified atom stereocenters. The van der Waals surface area contributed by atoms with E-state index >= 15 is 0 Å². The standard InChI is InChI=1S/C14H20N4/c1-11(2)14-10-18(6-3-12(14)7-15)9-13-8-16-4-5-17-13/h4-5,8,11-12,14H,3,6,9-10H2,1-2H3. The molecule has 2 rings (SSSR count). The molecule has 1 aromatic heterocycles. The van der Waals surface area contributed by atoms with E-state index in [0.29, 0.717) is 11.8 Å². The number of likely N-dealkylation sites (tertiary alicyclic amines) is 1. The Morgan fingerprint density at radius 2 is 2.33 bits per heavy atom. The quantitative estimate of drug-likeness (QED) is 0.817. The Balaban J connectivity index is 1.98. The molecule has 1 aliphatic heterocycles. The van der Waals surface area contributed by atoms with Gasteiger partial charge in [0, 0.05) is 31.7 Å². The lowest BCUT2D eigenvalue weighted by atomic mass is 9.79. The van der Waals surface area contributed by atoms with Crippen LogP contribution in [0.3, 0.4) is 0 Å². The van der Waals surface area contributed by atoms with Crippen LogP contribution < -0.4 is 0 Å². The molecule has 0 N–H and O–H groups in total. The average molecular weight is 244 g/mol. The SMILES string of the molecule is CC(C)C1CN(Cc2cnccn2)CCC1C#N. The van der Waals surface area contributed by atoms with E-state index in [1.807, 2.05) is 6.20 Å². The fraction of sp³-hybridized carbons (Fsp3) is 0.643. The first-order valence-corrected chi connectivity index (χ1v) is 6.57. The lowest BCUT2D eigenvalue weighted by Crippen LogP contribution is -2.41. The number of nitrogens with zero attached hydrogens (tertiary/aromatic N) is 4. The number of piperidine rings is 1. The largest absolute Gasteiger partial charge is 0.297 e. The molecule has 0 spiro atoms. The van der Waals surface area contributed by atoms with E-state index in [4.69, 9.17) is 0 Å². The molecule has 1 saturated heterocycles. The third-order valence-electron chi connectivity index (χ3n) is 3.77. The van der Waals surface area contributed by atoms with E-state index in [1.54, 1.807) is 12.4 Å². The molecule has 1 fully saturated rings. The molecule has 0 saturated carbocycles. The molecule has 0 amide bonds. The number of hydrogen-bond donors (Lipinski definition) is 0. The first-order chi connectivity index (χ1) is 8.70. The average Bonchev–Trinajstić information content (AvgIpc) is 2.40. The Morgan fingerprint density at radius 1 is 1.50 bits per heavy atom. The van der Waals surface area contributed by atoms with Crippen LogP contribution in [-0.2, 0) is 6.54 Å². The summed E-state index contributed by atoms with van der Waals surface area (Å²) in [6.07, 6.45) is 6.22. The highest BCUT2D eigenvalue weighted by Crippen LogP contribution is 2.29. The van der Waals surface area contributed by atoms with E-state index in [-0.39, 0.29) is 5.92 Å². The predicted octanol–water partition coefficient (Wildman–Crippen LogP) is 2.09. The predicted molar refractivity (Wildman–Crippen MR) is 69.4 cm³/mol. The van der Waals surface area contributed by atoms with Crippen LogP contribution in [0.5, 0.6) is 0 Å². The molecule has 4 nitrogen and oxygen atoms in total. The van der Waals surface area contributed by atoms with Crippen LogP contribution in [0.2, 0.25) is 0 Å². The summed E-state index contributed by atoms with van der Waals surface area (Å²) in [6.45, 7) is 7.24. The fourth-order valence-corrected chi connectivity index (χ4v) is 2.67. The van der Waals surface area contributed by atoms with E-state index in [1.165, 1.54) is 0 Å². The van der Waals surface area contributed by atoms with Crippen LogP contribution >= 0.6 is 0 Å². The number of hydrogen-bond acceptors (Lipinski definition) is 4. The number of aromatic nitrogens is 2. The van der Waals surface area contributed by atoms with Crippen LogP contribution in [0.25, 0.3) is 0 Å². The second-order valence-electron chi connectivity index (χ2n) is 5.36. The zero-order valence-corrected chi connectivity index (χ0v) is 11.1. The summed E-state index contributed by atoms with van der Waals surface area (Å²) >= 11 is 0. The molecule has 1 aromatic rings. The minimum absolute atomic E-state index is 0.211. The molecule has 2 heterocycles. The van der Waals surface area contributed by atoms with Gasteiger partial charge in [0.1, 0.15) is 0 Å². The lowest BCUT2D eigenvalue weighted by molar-refractivity contribution is 0.107. The van der Waals surface area contributed by atoms with Gasteiger partial charge in [-0.25, -0.2) is 0 Å². The molecule has 96 valence electrons. The Morgan fingerprint density at radius 3 is 2.94 bits per heavy atom. The molecule has 0 radical (unpaired) electrons. The van der Waals surface area contributed by atoms with Crippen molar-refractivity contribution in [3.05, 3.63) is 24.3 Å². The molecule has 18 heavy (non-hydrogen) atoms. The Labute approximate surface area is 109 Å². The molecule has 0 aromatic carbocycles. The smallest absolute Gasteiger partial charge is 0.0726 e. The molecule has 4 heteroatoms. The summed E-state index contributed by atoms with van der Waals surface area (Å²) in [7, 11) is 0. The van der Waals surface area contributed by atoms with Crippen LogP contribution in [0, 0.1) is 29.1 Å². The van der Waals surface area contributed by atoms with Gasteiger partial charge in [0.2, 0.25) is 0 Å². The summed E-state index contributed by atoms with van der Waals surface area (Å²) in [4.78, 5) is 10.8. The Bertz CT molecular complexity index is 410. The highest BCUT2D eigenvalue weighted by molar-refractivity contribution is 4.98. The zero-order valence-electron chi connectivity index (χ0n) is 11.1. The summed E-state index contributed by atoms with van der Waals surface area (Å²) in [5, 5.41) is 9.20. The summed E-state index contributed by atoms with van der Waals surface area (Å²) in [6, 6.07) is 2.47. The summed E-state index contributed by atoms with van der Waals surface area (Å²) in [5.74, 6) is 1.24. The highest BCUT2D eigenvalue weighted by atomic mass is 15.1. The minimum atomic E-state index is 0.211. The van der Waals surface area contributed by atoms with Gasteiger partial charge in [0.25, 0.3) is 0 Å².